The highest BCUT2D eigenvalue weighted by atomic mass is 32.1. The average Bonchev–Trinajstić information content (AvgIpc) is 3.44. The number of carbonyl (C=O) groups is 1. The van der Waals surface area contributed by atoms with Gasteiger partial charge in [-0.15, -0.1) is 11.3 Å². The lowest BCUT2D eigenvalue weighted by molar-refractivity contribution is -0.116. The van der Waals surface area contributed by atoms with Crippen LogP contribution in [0.5, 0.6) is 0 Å². The first-order valence-electron chi connectivity index (χ1n) is 8.26. The molecule has 130 valence electrons. The Balaban J connectivity index is 1.45. The Hall–Kier alpha value is -3.12. The molecule has 26 heavy (non-hydrogen) atoms. The molecular formula is C20H17N3O2S. The SMILES string of the molecule is O=C(C[C@@H](c1cccs1)n1cccc1)Nc1ccc(-c2ccno2)cc1. The highest BCUT2D eigenvalue weighted by Gasteiger charge is 2.18. The minimum Gasteiger partial charge on any atom is -0.356 e. The van der Waals surface area contributed by atoms with Crippen molar-refractivity contribution >= 4 is 22.9 Å². The van der Waals surface area contributed by atoms with Crippen LogP contribution in [-0.2, 0) is 4.79 Å². The molecule has 6 heteroatoms. The van der Waals surface area contributed by atoms with E-state index in [9.17, 15) is 4.79 Å². The number of anilines is 1. The molecule has 0 bridgehead atoms. The van der Waals surface area contributed by atoms with Crippen molar-refractivity contribution in [2.45, 2.75) is 12.5 Å². The first-order valence-corrected chi connectivity index (χ1v) is 9.14. The molecule has 0 saturated carbocycles. The fourth-order valence-corrected chi connectivity index (χ4v) is 3.69. The van der Waals surface area contributed by atoms with E-state index in [4.69, 9.17) is 4.52 Å². The summed E-state index contributed by atoms with van der Waals surface area (Å²) in [5.74, 6) is 0.678. The molecule has 0 saturated heterocycles. The first-order chi connectivity index (χ1) is 12.8. The molecule has 1 atom stereocenters. The Labute approximate surface area is 154 Å². The van der Waals surface area contributed by atoms with E-state index in [1.165, 1.54) is 0 Å². The van der Waals surface area contributed by atoms with E-state index in [1.807, 2.05) is 60.2 Å². The van der Waals surface area contributed by atoms with Crippen molar-refractivity contribution in [2.24, 2.45) is 0 Å². The van der Waals surface area contributed by atoms with Crippen molar-refractivity contribution in [3.05, 3.63) is 83.4 Å². The van der Waals surface area contributed by atoms with Gasteiger partial charge in [0.05, 0.1) is 18.7 Å². The number of hydrogen-bond acceptors (Lipinski definition) is 4. The number of aromatic nitrogens is 2. The van der Waals surface area contributed by atoms with Crippen LogP contribution in [0.4, 0.5) is 5.69 Å². The fraction of sp³-hybridized carbons (Fsp3) is 0.100. The lowest BCUT2D eigenvalue weighted by atomic mass is 10.1. The third-order valence-electron chi connectivity index (χ3n) is 4.13. The number of nitrogens with zero attached hydrogens (tertiary/aromatic N) is 2. The summed E-state index contributed by atoms with van der Waals surface area (Å²) in [6.07, 6.45) is 5.96. The molecule has 3 heterocycles. The smallest absolute Gasteiger partial charge is 0.226 e. The molecule has 0 aliphatic carbocycles. The lowest BCUT2D eigenvalue weighted by Gasteiger charge is -2.17. The van der Waals surface area contributed by atoms with Crippen LogP contribution in [-0.4, -0.2) is 15.6 Å². The molecule has 0 aliphatic rings. The third-order valence-corrected chi connectivity index (χ3v) is 5.10. The minimum atomic E-state index is -0.0236. The molecule has 0 fully saturated rings. The van der Waals surface area contributed by atoms with Gasteiger partial charge in [-0.1, -0.05) is 11.2 Å². The number of amides is 1. The van der Waals surface area contributed by atoms with Crippen LogP contribution >= 0.6 is 11.3 Å². The number of carbonyl (C=O) groups excluding carboxylic acids is 1. The van der Waals surface area contributed by atoms with E-state index in [1.54, 1.807) is 23.6 Å². The topological polar surface area (TPSA) is 60.1 Å². The van der Waals surface area contributed by atoms with Gasteiger partial charge in [0.15, 0.2) is 5.76 Å². The van der Waals surface area contributed by atoms with Crippen LogP contribution in [0.2, 0.25) is 0 Å². The van der Waals surface area contributed by atoms with Gasteiger partial charge < -0.3 is 14.4 Å². The molecule has 1 aromatic carbocycles. The van der Waals surface area contributed by atoms with Crippen molar-refractivity contribution in [3.63, 3.8) is 0 Å². The van der Waals surface area contributed by atoms with Gasteiger partial charge in [-0.05, 0) is 47.8 Å². The zero-order chi connectivity index (χ0) is 17.8. The van der Waals surface area contributed by atoms with E-state index in [0.717, 1.165) is 16.1 Å². The number of rotatable bonds is 6. The Morgan fingerprint density at radius 3 is 2.58 bits per heavy atom. The highest BCUT2D eigenvalue weighted by molar-refractivity contribution is 7.10. The van der Waals surface area contributed by atoms with Crippen molar-refractivity contribution in [1.82, 2.24) is 9.72 Å². The second kappa shape index (κ2) is 7.41. The maximum atomic E-state index is 12.6. The molecule has 1 N–H and O–H groups in total. The van der Waals surface area contributed by atoms with Crippen molar-refractivity contribution < 1.29 is 9.32 Å². The van der Waals surface area contributed by atoms with Crippen LogP contribution in [0.25, 0.3) is 11.3 Å². The van der Waals surface area contributed by atoms with Gasteiger partial charge in [0, 0.05) is 34.6 Å². The largest absolute Gasteiger partial charge is 0.356 e. The van der Waals surface area contributed by atoms with E-state index in [0.29, 0.717) is 12.2 Å². The molecule has 4 aromatic rings. The van der Waals surface area contributed by atoms with Gasteiger partial charge in [-0.2, -0.15) is 0 Å². The predicted octanol–water partition coefficient (Wildman–Crippen LogP) is 4.82. The normalized spacial score (nSPS) is 12.0. The summed E-state index contributed by atoms with van der Waals surface area (Å²) < 4.78 is 7.20. The molecule has 0 spiro atoms. The second-order valence-corrected chi connectivity index (χ2v) is 6.85. The first kappa shape index (κ1) is 16.4. The van der Waals surface area contributed by atoms with Gasteiger partial charge in [0.1, 0.15) is 0 Å². The predicted molar refractivity (Wildman–Crippen MR) is 102 cm³/mol. The van der Waals surface area contributed by atoms with E-state index in [2.05, 4.69) is 21.1 Å². The highest BCUT2D eigenvalue weighted by Crippen LogP contribution is 2.27. The fourth-order valence-electron chi connectivity index (χ4n) is 2.86. The van der Waals surface area contributed by atoms with Crippen LogP contribution in [0, 0.1) is 0 Å². The standard InChI is InChI=1S/C20H17N3O2S/c24-20(14-17(19-4-3-13-26-19)23-11-1-2-12-23)22-16-7-5-15(6-8-16)18-9-10-21-25-18/h1-13,17H,14H2,(H,22,24)/t17-/m0/s1. The van der Waals surface area contributed by atoms with Crippen LogP contribution in [0.3, 0.4) is 0 Å². The van der Waals surface area contributed by atoms with Gasteiger partial charge in [0.25, 0.3) is 0 Å². The maximum Gasteiger partial charge on any atom is 0.226 e. The lowest BCUT2D eigenvalue weighted by Crippen LogP contribution is -2.19. The summed E-state index contributed by atoms with van der Waals surface area (Å²) >= 11 is 1.66. The zero-order valence-corrected chi connectivity index (χ0v) is 14.7. The van der Waals surface area contributed by atoms with Crippen molar-refractivity contribution in [3.8, 4) is 11.3 Å². The number of benzene rings is 1. The summed E-state index contributed by atoms with van der Waals surface area (Å²) in [6.45, 7) is 0. The van der Waals surface area contributed by atoms with Gasteiger partial charge in [0.2, 0.25) is 5.91 Å². The van der Waals surface area contributed by atoms with E-state index >= 15 is 0 Å². The molecule has 0 radical (unpaired) electrons. The summed E-state index contributed by atoms with van der Waals surface area (Å²) in [6, 6.07) is 17.4. The van der Waals surface area contributed by atoms with Crippen LogP contribution < -0.4 is 5.32 Å². The molecule has 4 rings (SSSR count). The summed E-state index contributed by atoms with van der Waals surface area (Å²) in [5.41, 5.74) is 1.68. The van der Waals surface area contributed by atoms with E-state index in [-0.39, 0.29) is 11.9 Å². The Morgan fingerprint density at radius 2 is 1.92 bits per heavy atom. The van der Waals surface area contributed by atoms with Gasteiger partial charge in [-0.25, -0.2) is 0 Å². The average molecular weight is 363 g/mol. The minimum absolute atomic E-state index is 0.00142. The molecule has 3 aromatic heterocycles. The summed E-state index contributed by atoms with van der Waals surface area (Å²) in [5, 5.41) is 8.71. The van der Waals surface area contributed by atoms with Crippen molar-refractivity contribution in [1.29, 1.82) is 0 Å². The number of nitrogens with one attached hydrogen (secondary N) is 1. The Kier molecular flexibility index (Phi) is 4.66. The van der Waals surface area contributed by atoms with Gasteiger partial charge in [-0.3, -0.25) is 4.79 Å². The van der Waals surface area contributed by atoms with Crippen LogP contribution in [0.15, 0.2) is 83.1 Å². The van der Waals surface area contributed by atoms with Gasteiger partial charge >= 0.3 is 0 Å². The maximum absolute atomic E-state index is 12.6. The van der Waals surface area contributed by atoms with Crippen molar-refractivity contribution in [2.75, 3.05) is 5.32 Å². The molecule has 0 unspecified atom stereocenters. The molecule has 0 aliphatic heterocycles. The quantitative estimate of drug-likeness (QED) is 0.534. The summed E-state index contributed by atoms with van der Waals surface area (Å²) in [7, 11) is 0. The number of hydrogen-bond donors (Lipinski definition) is 1. The molecule has 5 nitrogen and oxygen atoms in total. The monoisotopic (exact) mass is 363 g/mol. The third kappa shape index (κ3) is 3.60. The Bertz CT molecular complexity index is 909. The van der Waals surface area contributed by atoms with Crippen LogP contribution in [0.1, 0.15) is 17.3 Å². The summed E-state index contributed by atoms with van der Waals surface area (Å²) in [4.78, 5) is 13.7. The Morgan fingerprint density at radius 1 is 1.12 bits per heavy atom. The zero-order valence-electron chi connectivity index (χ0n) is 13.9. The molecule has 1 amide bonds. The number of thiophene rings is 1. The second-order valence-electron chi connectivity index (χ2n) is 5.87. The molecular weight excluding hydrogens is 346 g/mol. The van der Waals surface area contributed by atoms with E-state index < -0.39 is 0 Å².